The van der Waals surface area contributed by atoms with Crippen LogP contribution in [0.15, 0.2) is 85.1 Å². The van der Waals surface area contributed by atoms with Crippen LogP contribution in [0.5, 0.6) is 0 Å². The van der Waals surface area contributed by atoms with Gasteiger partial charge >= 0.3 is 0 Å². The number of carbonyl (C=O) groups excluding carboxylic acids is 1. The van der Waals surface area contributed by atoms with Crippen molar-refractivity contribution >= 4 is 13.7 Å². The molecule has 0 radical (unpaired) electrons. The maximum absolute atomic E-state index is 13.0. The van der Waals surface area contributed by atoms with Gasteiger partial charge in [-0.2, -0.15) is 0 Å². The number of likely N-dealkylation sites (N-methyl/N-ethyl adjacent to an activating group) is 1. The van der Waals surface area contributed by atoms with Crippen LogP contribution in [0.3, 0.4) is 0 Å². The lowest BCUT2D eigenvalue weighted by atomic mass is 10.0. The van der Waals surface area contributed by atoms with Gasteiger partial charge in [0.15, 0.2) is 0 Å². The van der Waals surface area contributed by atoms with E-state index in [1.807, 2.05) is 27.2 Å². The summed E-state index contributed by atoms with van der Waals surface area (Å²) in [7, 11) is 1.23. The number of nitrogens with zero attached hydrogens (tertiary/aromatic N) is 1. The molecule has 0 fully saturated rings. The Morgan fingerprint density at radius 2 is 0.861 bits per heavy atom. The average Bonchev–Trinajstić information content (AvgIpc) is 3.34. The van der Waals surface area contributed by atoms with Crippen LogP contribution >= 0.6 is 7.82 Å². The van der Waals surface area contributed by atoms with Crippen molar-refractivity contribution in [1.82, 2.24) is 5.32 Å². The molecule has 0 saturated heterocycles. The molecule has 0 heterocycles. The lowest BCUT2D eigenvalue weighted by Gasteiger charge is -2.29. The normalized spacial score (nSPS) is 14.5. The Balaban J connectivity index is 4.26. The second-order valence-corrected chi connectivity index (χ2v) is 22.7. The van der Waals surface area contributed by atoms with Gasteiger partial charge in [0.25, 0.3) is 7.82 Å². The van der Waals surface area contributed by atoms with Gasteiger partial charge in [-0.1, -0.05) is 259 Å². The molecule has 0 saturated carbocycles. The monoisotopic (exact) mass is 1030 g/mol. The Morgan fingerprint density at radius 3 is 1.29 bits per heavy atom. The van der Waals surface area contributed by atoms with E-state index in [9.17, 15) is 19.4 Å². The first kappa shape index (κ1) is 69.7. The van der Waals surface area contributed by atoms with Crippen LogP contribution in [-0.2, 0) is 18.4 Å². The van der Waals surface area contributed by atoms with Gasteiger partial charge < -0.3 is 28.8 Å². The molecule has 3 atom stereocenters. The molecular weight excluding hydrogens is 912 g/mol. The SMILES string of the molecule is CC/C=C\C/C=C\C/C=C\C/C=C\C/C=C\CCCCCCCCCCCC(=O)NC(COP(=O)([O-])OCC[N+](C)(C)C)C(O)/C=C/CC/C=C/CCCCCCCCCCCCCCCCCCCCC. The first-order valence-corrected chi connectivity index (χ1v) is 31.4. The first-order valence-electron chi connectivity index (χ1n) is 29.9. The van der Waals surface area contributed by atoms with Gasteiger partial charge in [0.1, 0.15) is 13.2 Å². The molecule has 2 N–H and O–H groups in total. The number of hydrogen-bond acceptors (Lipinski definition) is 6. The van der Waals surface area contributed by atoms with Gasteiger partial charge in [0.2, 0.25) is 5.91 Å². The molecule has 0 aromatic heterocycles. The Morgan fingerprint density at radius 1 is 0.500 bits per heavy atom. The number of unbranched alkanes of at least 4 members (excludes halogenated alkanes) is 29. The molecule has 0 aliphatic rings. The van der Waals surface area contributed by atoms with E-state index in [1.54, 1.807) is 6.08 Å². The number of carbonyl (C=O) groups is 1. The smallest absolute Gasteiger partial charge is 0.268 e. The summed E-state index contributed by atoms with van der Waals surface area (Å²) in [5.74, 6) is -0.215. The zero-order chi connectivity index (χ0) is 52.7. The van der Waals surface area contributed by atoms with Crippen molar-refractivity contribution < 1.29 is 32.9 Å². The van der Waals surface area contributed by atoms with Gasteiger partial charge in [-0.05, 0) is 77.0 Å². The van der Waals surface area contributed by atoms with Gasteiger partial charge in [0, 0.05) is 6.42 Å². The lowest BCUT2D eigenvalue weighted by Crippen LogP contribution is -2.45. The Hall–Kier alpha value is -2.32. The van der Waals surface area contributed by atoms with Crippen molar-refractivity contribution in [2.75, 3.05) is 40.9 Å². The molecule has 0 aliphatic heterocycles. The third-order valence-electron chi connectivity index (χ3n) is 13.1. The summed E-state index contributed by atoms with van der Waals surface area (Å²) < 4.78 is 23.4. The van der Waals surface area contributed by atoms with Crippen LogP contribution in [0, 0.1) is 0 Å². The highest BCUT2D eigenvalue weighted by atomic mass is 31.2. The highest BCUT2D eigenvalue weighted by Crippen LogP contribution is 2.38. The standard InChI is InChI=1S/C63H115N2O6P/c1-6-8-10-12-14-16-18-20-22-24-26-28-30-32-34-36-38-40-42-44-46-48-50-52-54-56-62(66)61(60-71-72(68,69)70-59-58-65(3,4)5)64-63(67)57-55-53-51-49-47-45-43-41-39-37-35-33-31-29-27-25-23-21-19-17-15-13-11-9-7-2/h9,11,15,17,21,23,27,29,33,35,46,48,54,56,61-62,66H,6-8,10,12-14,16,18-20,22,24-26,28,30-32,34,36-45,47,49-53,55,57-60H2,1-5H3,(H-,64,67,68,69)/b11-9-,17-15-,23-21-,29-27-,35-33-,48-46+,56-54+. The van der Waals surface area contributed by atoms with Gasteiger partial charge in [-0.3, -0.25) is 9.36 Å². The summed E-state index contributed by atoms with van der Waals surface area (Å²) in [6.45, 7) is 4.53. The second-order valence-electron chi connectivity index (χ2n) is 21.3. The molecule has 1 amide bonds. The number of aliphatic hydroxyl groups is 1. The van der Waals surface area contributed by atoms with Crippen molar-refractivity contribution in [2.24, 2.45) is 0 Å². The highest BCUT2D eigenvalue weighted by molar-refractivity contribution is 7.45. The van der Waals surface area contributed by atoms with Crippen molar-refractivity contribution in [2.45, 2.75) is 270 Å². The number of allylic oxidation sites excluding steroid dienone is 13. The molecule has 0 bridgehead atoms. The number of phosphoric acid groups is 1. The third kappa shape index (κ3) is 55.4. The van der Waals surface area contributed by atoms with Gasteiger partial charge in [0.05, 0.1) is 39.9 Å². The number of phosphoric ester groups is 1. The average molecular weight is 1030 g/mol. The number of quaternary nitrogens is 1. The summed E-state index contributed by atoms with van der Waals surface area (Å²) >= 11 is 0. The molecule has 0 aromatic carbocycles. The number of aliphatic hydroxyl groups excluding tert-OH is 1. The third-order valence-corrected chi connectivity index (χ3v) is 14.1. The van der Waals surface area contributed by atoms with Crippen molar-refractivity contribution in [3.8, 4) is 0 Å². The molecule has 0 spiro atoms. The highest BCUT2D eigenvalue weighted by Gasteiger charge is 2.23. The van der Waals surface area contributed by atoms with Crippen molar-refractivity contribution in [3.63, 3.8) is 0 Å². The van der Waals surface area contributed by atoms with E-state index in [1.165, 1.54) is 154 Å². The molecule has 0 rings (SSSR count). The number of nitrogens with one attached hydrogen (secondary N) is 1. The van der Waals surface area contributed by atoms with E-state index in [0.29, 0.717) is 17.4 Å². The maximum atomic E-state index is 13.0. The minimum atomic E-state index is -4.61. The predicted molar refractivity (Wildman–Crippen MR) is 311 cm³/mol. The molecule has 0 aromatic rings. The molecule has 3 unspecified atom stereocenters. The van der Waals surface area contributed by atoms with Gasteiger partial charge in [-0.15, -0.1) is 0 Å². The fourth-order valence-corrected chi connectivity index (χ4v) is 9.16. The van der Waals surface area contributed by atoms with Crippen LogP contribution in [0.1, 0.15) is 258 Å². The fraction of sp³-hybridized carbons (Fsp3) is 0.762. The van der Waals surface area contributed by atoms with E-state index >= 15 is 0 Å². The molecular formula is C63H115N2O6P. The Labute approximate surface area is 446 Å². The van der Waals surface area contributed by atoms with Crippen molar-refractivity contribution in [3.05, 3.63) is 85.1 Å². The Kier molecular flexibility index (Phi) is 51.8. The molecule has 72 heavy (non-hydrogen) atoms. The zero-order valence-electron chi connectivity index (χ0n) is 47.6. The van der Waals surface area contributed by atoms with Crippen LogP contribution in [0.2, 0.25) is 0 Å². The number of rotatable bonds is 54. The summed E-state index contributed by atoms with van der Waals surface area (Å²) in [4.78, 5) is 25.5. The fourth-order valence-electron chi connectivity index (χ4n) is 8.43. The quantitative estimate of drug-likeness (QED) is 0.0272. The largest absolute Gasteiger partial charge is 0.756 e. The van der Waals surface area contributed by atoms with E-state index in [0.717, 1.165) is 83.5 Å². The summed E-state index contributed by atoms with van der Waals surface area (Å²) in [6, 6.07) is -0.913. The van der Waals surface area contributed by atoms with Crippen LogP contribution in [-0.4, -0.2) is 68.5 Å². The number of hydrogen-bond donors (Lipinski definition) is 2. The van der Waals surface area contributed by atoms with Gasteiger partial charge in [-0.25, -0.2) is 0 Å². The molecule has 9 heteroatoms. The van der Waals surface area contributed by atoms with Crippen molar-refractivity contribution in [1.29, 1.82) is 0 Å². The summed E-state index contributed by atoms with van der Waals surface area (Å²) in [5.41, 5.74) is 0. The van der Waals surface area contributed by atoms with E-state index in [-0.39, 0.29) is 12.5 Å². The molecule has 8 nitrogen and oxygen atoms in total. The van der Waals surface area contributed by atoms with Crippen LogP contribution in [0.4, 0.5) is 0 Å². The van der Waals surface area contributed by atoms with E-state index in [2.05, 4.69) is 92.1 Å². The van der Waals surface area contributed by atoms with Crippen LogP contribution < -0.4 is 10.2 Å². The van der Waals surface area contributed by atoms with E-state index < -0.39 is 26.6 Å². The molecule has 0 aliphatic carbocycles. The zero-order valence-corrected chi connectivity index (χ0v) is 48.5. The van der Waals surface area contributed by atoms with Crippen LogP contribution in [0.25, 0.3) is 0 Å². The van der Waals surface area contributed by atoms with E-state index in [4.69, 9.17) is 9.05 Å². The minimum Gasteiger partial charge on any atom is -0.756 e. The second kappa shape index (κ2) is 53.5. The lowest BCUT2D eigenvalue weighted by molar-refractivity contribution is -0.870. The predicted octanol–water partition coefficient (Wildman–Crippen LogP) is 17.8. The Bertz CT molecular complexity index is 1450. The summed E-state index contributed by atoms with van der Waals surface area (Å²) in [6.07, 6.45) is 75.2. The summed E-state index contributed by atoms with van der Waals surface area (Å²) in [5, 5.41) is 13.9. The maximum Gasteiger partial charge on any atom is 0.268 e. The topological polar surface area (TPSA) is 108 Å². The first-order chi connectivity index (χ1) is 35.0. The molecule has 418 valence electrons. The number of amides is 1. The minimum absolute atomic E-state index is 0.0113.